The number of benzene rings is 1. The number of hydrogen-bond acceptors (Lipinski definition) is 3. The van der Waals surface area contributed by atoms with E-state index in [-0.39, 0.29) is 42.0 Å². The van der Waals surface area contributed by atoms with Crippen LogP contribution in [-0.4, -0.2) is 31.1 Å². The van der Waals surface area contributed by atoms with Crippen molar-refractivity contribution in [1.29, 1.82) is 0 Å². The summed E-state index contributed by atoms with van der Waals surface area (Å²) in [6, 6.07) is 6.16. The van der Waals surface area contributed by atoms with E-state index in [0.29, 0.717) is 6.54 Å². The lowest BCUT2D eigenvalue weighted by Crippen LogP contribution is -2.48. The first kappa shape index (κ1) is 17.7. The van der Waals surface area contributed by atoms with E-state index in [1.807, 2.05) is 0 Å². The van der Waals surface area contributed by atoms with Crippen molar-refractivity contribution in [2.45, 2.75) is 38.3 Å². The Labute approximate surface area is 130 Å². The third-order valence-electron chi connectivity index (χ3n) is 3.36. The number of amides is 1. The van der Waals surface area contributed by atoms with Crippen molar-refractivity contribution < 1.29 is 13.9 Å². The highest BCUT2D eigenvalue weighted by atomic mass is 35.5. The van der Waals surface area contributed by atoms with Crippen LogP contribution in [0.1, 0.15) is 26.2 Å². The van der Waals surface area contributed by atoms with Crippen LogP contribution < -0.4 is 15.4 Å². The number of hydrogen-bond donors (Lipinski definition) is 2. The summed E-state index contributed by atoms with van der Waals surface area (Å²) in [5.41, 5.74) is 0. The Kier molecular flexibility index (Phi) is 7.47. The van der Waals surface area contributed by atoms with Crippen LogP contribution in [0.15, 0.2) is 24.3 Å². The monoisotopic (exact) mass is 316 g/mol. The van der Waals surface area contributed by atoms with Crippen LogP contribution in [0.25, 0.3) is 0 Å². The predicted octanol–water partition coefficient (Wildman–Crippen LogP) is 2.27. The summed E-state index contributed by atoms with van der Waals surface area (Å²) in [7, 11) is 0. The fraction of sp³-hybridized carbons (Fsp3) is 0.533. The normalized spacial score (nSPS) is 19.2. The molecule has 118 valence electrons. The van der Waals surface area contributed by atoms with Crippen LogP contribution in [0.3, 0.4) is 0 Å². The summed E-state index contributed by atoms with van der Waals surface area (Å²) in [6.07, 6.45) is 2.79. The Morgan fingerprint density at radius 2 is 2.24 bits per heavy atom. The van der Waals surface area contributed by atoms with Gasteiger partial charge in [-0.25, -0.2) is 4.39 Å². The molecule has 0 saturated carbocycles. The van der Waals surface area contributed by atoms with Crippen molar-refractivity contribution in [1.82, 2.24) is 10.6 Å². The molecule has 2 N–H and O–H groups in total. The van der Waals surface area contributed by atoms with Crippen molar-refractivity contribution in [3.05, 3.63) is 30.1 Å². The van der Waals surface area contributed by atoms with E-state index in [0.717, 1.165) is 25.8 Å². The van der Waals surface area contributed by atoms with Gasteiger partial charge in [0.25, 0.3) is 0 Å². The first-order valence-corrected chi connectivity index (χ1v) is 7.09. The van der Waals surface area contributed by atoms with Crippen LogP contribution in [0, 0.1) is 5.82 Å². The molecule has 0 aromatic heterocycles. The highest BCUT2D eigenvalue weighted by Crippen LogP contribution is 2.16. The zero-order valence-electron chi connectivity index (χ0n) is 12.1. The highest BCUT2D eigenvalue weighted by molar-refractivity contribution is 5.85. The van der Waals surface area contributed by atoms with Gasteiger partial charge in [0.1, 0.15) is 6.10 Å². The zero-order chi connectivity index (χ0) is 14.4. The van der Waals surface area contributed by atoms with Crippen LogP contribution in [0.5, 0.6) is 5.75 Å². The molecule has 1 aromatic rings. The molecule has 2 unspecified atom stereocenters. The maximum atomic E-state index is 13.4. The molecule has 1 aromatic carbocycles. The summed E-state index contributed by atoms with van der Waals surface area (Å²) in [5.74, 6) is -0.182. The Morgan fingerprint density at radius 3 is 2.90 bits per heavy atom. The summed E-state index contributed by atoms with van der Waals surface area (Å²) in [4.78, 5) is 11.9. The predicted molar refractivity (Wildman–Crippen MR) is 82.4 cm³/mol. The first-order valence-electron chi connectivity index (χ1n) is 7.09. The van der Waals surface area contributed by atoms with Crippen LogP contribution in [-0.2, 0) is 4.79 Å². The summed E-state index contributed by atoms with van der Waals surface area (Å²) in [5, 5.41) is 6.03. The Bertz CT molecular complexity index is 453. The summed E-state index contributed by atoms with van der Waals surface area (Å²) < 4.78 is 18.9. The third-order valence-corrected chi connectivity index (χ3v) is 3.36. The SMILES string of the molecule is CC(CNC(=O)C1CCCCN1)Oc1ccccc1F.Cl. The average molecular weight is 317 g/mol. The molecule has 21 heavy (non-hydrogen) atoms. The largest absolute Gasteiger partial charge is 0.486 e. The molecular weight excluding hydrogens is 295 g/mol. The maximum absolute atomic E-state index is 13.4. The molecule has 2 rings (SSSR count). The number of halogens is 2. The molecule has 2 atom stereocenters. The van der Waals surface area contributed by atoms with E-state index in [1.54, 1.807) is 25.1 Å². The van der Waals surface area contributed by atoms with E-state index < -0.39 is 0 Å². The van der Waals surface area contributed by atoms with Crippen LogP contribution >= 0.6 is 12.4 Å². The number of nitrogens with one attached hydrogen (secondary N) is 2. The van der Waals surface area contributed by atoms with Crippen LogP contribution in [0.2, 0.25) is 0 Å². The standard InChI is InChI=1S/C15H21FN2O2.ClH/c1-11(20-14-8-3-2-6-12(14)16)10-18-15(19)13-7-4-5-9-17-13;/h2-3,6,8,11,13,17H,4-5,7,9-10H2,1H3,(H,18,19);1H. The lowest BCUT2D eigenvalue weighted by Gasteiger charge is -2.23. The van der Waals surface area contributed by atoms with Gasteiger partial charge in [-0.15, -0.1) is 12.4 Å². The Balaban J connectivity index is 0.00000220. The van der Waals surface area contributed by atoms with Gasteiger partial charge in [-0.3, -0.25) is 4.79 Å². The smallest absolute Gasteiger partial charge is 0.237 e. The molecule has 1 saturated heterocycles. The van der Waals surface area contributed by atoms with Gasteiger partial charge in [-0.2, -0.15) is 0 Å². The Morgan fingerprint density at radius 1 is 1.48 bits per heavy atom. The quantitative estimate of drug-likeness (QED) is 0.876. The third kappa shape index (κ3) is 5.52. The molecule has 0 radical (unpaired) electrons. The van der Waals surface area contributed by atoms with E-state index in [1.165, 1.54) is 6.07 Å². The molecule has 0 spiro atoms. The molecule has 1 heterocycles. The van der Waals surface area contributed by atoms with Gasteiger partial charge in [-0.1, -0.05) is 18.6 Å². The first-order chi connectivity index (χ1) is 9.66. The lowest BCUT2D eigenvalue weighted by molar-refractivity contribution is -0.124. The molecular formula is C15H22ClFN2O2. The number of carbonyl (C=O) groups excluding carboxylic acids is 1. The number of rotatable bonds is 5. The van der Waals surface area contributed by atoms with Gasteiger partial charge in [0.2, 0.25) is 5.91 Å². The number of ether oxygens (including phenoxy) is 1. The van der Waals surface area contributed by atoms with E-state index in [2.05, 4.69) is 10.6 Å². The second-order valence-corrected chi connectivity index (χ2v) is 5.11. The topological polar surface area (TPSA) is 50.4 Å². The molecule has 0 bridgehead atoms. The van der Waals surface area contributed by atoms with Gasteiger partial charge in [0.15, 0.2) is 11.6 Å². The molecule has 1 fully saturated rings. The molecule has 1 amide bonds. The second kappa shape index (κ2) is 8.85. The van der Waals surface area contributed by atoms with Gasteiger partial charge in [0.05, 0.1) is 12.6 Å². The van der Waals surface area contributed by atoms with Crippen LogP contribution in [0.4, 0.5) is 4.39 Å². The van der Waals surface area contributed by atoms with E-state index >= 15 is 0 Å². The fourth-order valence-corrected chi connectivity index (χ4v) is 2.24. The number of carbonyl (C=O) groups is 1. The van der Waals surface area contributed by atoms with Crippen molar-refractivity contribution in [2.75, 3.05) is 13.1 Å². The van der Waals surface area contributed by atoms with Gasteiger partial charge in [-0.05, 0) is 38.4 Å². The summed E-state index contributed by atoms with van der Waals surface area (Å²) in [6.45, 7) is 3.06. The molecule has 6 heteroatoms. The van der Waals surface area contributed by atoms with Gasteiger partial charge >= 0.3 is 0 Å². The highest BCUT2D eigenvalue weighted by Gasteiger charge is 2.20. The lowest BCUT2D eigenvalue weighted by atomic mass is 10.0. The number of para-hydroxylation sites is 1. The molecule has 1 aliphatic rings. The number of piperidine rings is 1. The van der Waals surface area contributed by atoms with Crippen molar-refractivity contribution in [3.63, 3.8) is 0 Å². The van der Waals surface area contributed by atoms with Gasteiger partial charge < -0.3 is 15.4 Å². The molecule has 4 nitrogen and oxygen atoms in total. The van der Waals surface area contributed by atoms with Gasteiger partial charge in [0, 0.05) is 0 Å². The minimum Gasteiger partial charge on any atom is -0.486 e. The average Bonchev–Trinajstić information content (AvgIpc) is 2.48. The van der Waals surface area contributed by atoms with E-state index in [9.17, 15) is 9.18 Å². The summed E-state index contributed by atoms with van der Waals surface area (Å²) >= 11 is 0. The minimum atomic E-state index is -0.389. The maximum Gasteiger partial charge on any atom is 0.237 e. The van der Waals surface area contributed by atoms with Crippen molar-refractivity contribution in [2.24, 2.45) is 0 Å². The Hall–Kier alpha value is -1.33. The minimum absolute atomic E-state index is 0. The van der Waals surface area contributed by atoms with Crippen molar-refractivity contribution in [3.8, 4) is 5.75 Å². The molecule has 0 aliphatic carbocycles. The molecule has 1 aliphatic heterocycles. The second-order valence-electron chi connectivity index (χ2n) is 5.11. The fourth-order valence-electron chi connectivity index (χ4n) is 2.24. The van der Waals surface area contributed by atoms with Crippen molar-refractivity contribution >= 4 is 18.3 Å². The van der Waals surface area contributed by atoms with E-state index in [4.69, 9.17) is 4.74 Å². The zero-order valence-corrected chi connectivity index (χ0v) is 12.9.